The molecule has 1 aromatic heterocycles. The second kappa shape index (κ2) is 4.27. The van der Waals surface area contributed by atoms with Gasteiger partial charge in [0.2, 0.25) is 0 Å². The first-order valence-electron chi connectivity index (χ1n) is 4.51. The highest BCUT2D eigenvalue weighted by molar-refractivity contribution is 5.93. The highest BCUT2D eigenvalue weighted by Crippen LogP contribution is 2.09. The van der Waals surface area contributed by atoms with Crippen LogP contribution in [-0.2, 0) is 4.84 Å². The zero-order valence-electron chi connectivity index (χ0n) is 8.94. The number of pyridine rings is 1. The van der Waals surface area contributed by atoms with Crippen molar-refractivity contribution in [1.82, 2.24) is 10.5 Å². The molecule has 0 spiro atoms. The fourth-order valence-electron chi connectivity index (χ4n) is 0.810. The smallest absolute Gasteiger partial charge is 0.276 e. The van der Waals surface area contributed by atoms with Crippen LogP contribution in [0.5, 0.6) is 5.75 Å². The van der Waals surface area contributed by atoms with E-state index < -0.39 is 11.5 Å². The molecule has 0 aromatic carbocycles. The van der Waals surface area contributed by atoms with E-state index in [1.54, 1.807) is 0 Å². The van der Waals surface area contributed by atoms with Crippen molar-refractivity contribution in [2.24, 2.45) is 0 Å². The summed E-state index contributed by atoms with van der Waals surface area (Å²) in [5, 5.41) is 9.11. The third-order valence-corrected chi connectivity index (χ3v) is 1.44. The number of hydrogen-bond acceptors (Lipinski definition) is 4. The summed E-state index contributed by atoms with van der Waals surface area (Å²) in [4.78, 5) is 20.2. The number of carbonyl (C=O) groups excluding carboxylic acids is 1. The minimum Gasteiger partial charge on any atom is -0.506 e. The summed E-state index contributed by atoms with van der Waals surface area (Å²) < 4.78 is 0. The largest absolute Gasteiger partial charge is 0.506 e. The van der Waals surface area contributed by atoms with Crippen LogP contribution in [0.25, 0.3) is 0 Å². The third kappa shape index (κ3) is 3.95. The quantitative estimate of drug-likeness (QED) is 0.720. The van der Waals surface area contributed by atoms with Gasteiger partial charge in [0.1, 0.15) is 5.75 Å². The molecule has 2 N–H and O–H groups in total. The molecule has 1 amide bonds. The molecule has 82 valence electrons. The summed E-state index contributed by atoms with van der Waals surface area (Å²) in [6, 6.07) is 1.31. The molecule has 0 radical (unpaired) electrons. The van der Waals surface area contributed by atoms with Gasteiger partial charge in [0, 0.05) is 6.20 Å². The molecule has 0 saturated carbocycles. The van der Waals surface area contributed by atoms with Crippen molar-refractivity contribution in [3.05, 3.63) is 24.0 Å². The minimum atomic E-state index is -0.458. The highest BCUT2D eigenvalue weighted by atomic mass is 16.7. The number of aromatic hydroxyl groups is 1. The molecule has 0 atom stereocenters. The topological polar surface area (TPSA) is 71.5 Å². The van der Waals surface area contributed by atoms with E-state index in [9.17, 15) is 4.79 Å². The van der Waals surface area contributed by atoms with E-state index in [0.717, 1.165) is 0 Å². The number of aromatic nitrogens is 1. The zero-order valence-corrected chi connectivity index (χ0v) is 8.94. The van der Waals surface area contributed by atoms with Gasteiger partial charge in [0.15, 0.2) is 0 Å². The first kappa shape index (κ1) is 11.5. The lowest BCUT2D eigenvalue weighted by Gasteiger charge is -2.18. The standard InChI is InChI=1S/C10H14N2O3/c1-10(2,3)15-12-9(14)7-4-8(13)6-11-5-7/h4-6,13H,1-3H3,(H,12,14). The molecule has 0 saturated heterocycles. The van der Waals surface area contributed by atoms with Gasteiger partial charge in [-0.15, -0.1) is 0 Å². The molecule has 1 rings (SSSR count). The Morgan fingerprint density at radius 3 is 2.67 bits per heavy atom. The van der Waals surface area contributed by atoms with Crippen LogP contribution in [0.2, 0.25) is 0 Å². The maximum Gasteiger partial charge on any atom is 0.276 e. The van der Waals surface area contributed by atoms with Gasteiger partial charge in [0.25, 0.3) is 5.91 Å². The van der Waals surface area contributed by atoms with Gasteiger partial charge in [-0.1, -0.05) is 0 Å². The summed E-state index contributed by atoms with van der Waals surface area (Å²) >= 11 is 0. The van der Waals surface area contributed by atoms with Gasteiger partial charge < -0.3 is 5.11 Å². The molecule has 0 unspecified atom stereocenters. The average Bonchev–Trinajstić information content (AvgIpc) is 2.13. The minimum absolute atomic E-state index is 0.0570. The van der Waals surface area contributed by atoms with E-state index in [4.69, 9.17) is 9.94 Å². The van der Waals surface area contributed by atoms with E-state index in [2.05, 4.69) is 10.5 Å². The van der Waals surface area contributed by atoms with Crippen molar-refractivity contribution in [1.29, 1.82) is 0 Å². The van der Waals surface area contributed by atoms with Crippen LogP contribution in [-0.4, -0.2) is 21.6 Å². The molecule has 5 heteroatoms. The predicted octanol–water partition coefficient (Wildman–Crippen LogP) is 1.25. The number of carbonyl (C=O) groups is 1. The van der Waals surface area contributed by atoms with Crippen LogP contribution in [0.1, 0.15) is 31.1 Å². The first-order valence-corrected chi connectivity index (χ1v) is 4.51. The molecule has 0 aliphatic rings. The van der Waals surface area contributed by atoms with Gasteiger partial charge in [-0.05, 0) is 26.8 Å². The SMILES string of the molecule is CC(C)(C)ONC(=O)c1cncc(O)c1. The van der Waals surface area contributed by atoms with Crippen LogP contribution >= 0.6 is 0 Å². The second-order valence-electron chi connectivity index (χ2n) is 4.08. The lowest BCUT2D eigenvalue weighted by Crippen LogP contribution is -2.33. The Balaban J connectivity index is 2.62. The molecule has 0 bridgehead atoms. The van der Waals surface area contributed by atoms with E-state index in [0.29, 0.717) is 0 Å². The van der Waals surface area contributed by atoms with Crippen LogP contribution in [0.15, 0.2) is 18.5 Å². The Morgan fingerprint density at radius 2 is 2.13 bits per heavy atom. The predicted molar refractivity (Wildman–Crippen MR) is 54.2 cm³/mol. The number of nitrogens with zero attached hydrogens (tertiary/aromatic N) is 1. The number of hydrogen-bond donors (Lipinski definition) is 2. The lowest BCUT2D eigenvalue weighted by molar-refractivity contribution is -0.0589. The van der Waals surface area contributed by atoms with E-state index in [1.165, 1.54) is 18.5 Å². The van der Waals surface area contributed by atoms with Crippen molar-refractivity contribution in [2.45, 2.75) is 26.4 Å². The maximum absolute atomic E-state index is 11.5. The Bertz CT molecular complexity index is 358. The van der Waals surface area contributed by atoms with E-state index >= 15 is 0 Å². The van der Waals surface area contributed by atoms with Gasteiger partial charge in [0.05, 0.1) is 17.4 Å². The molecule has 1 aromatic rings. The summed E-state index contributed by atoms with van der Waals surface area (Å²) in [5.41, 5.74) is 2.07. The van der Waals surface area contributed by atoms with Gasteiger partial charge in [-0.2, -0.15) is 0 Å². The average molecular weight is 210 g/mol. The lowest BCUT2D eigenvalue weighted by atomic mass is 10.2. The number of hydroxylamine groups is 1. The number of nitrogens with one attached hydrogen (secondary N) is 1. The van der Waals surface area contributed by atoms with Crippen molar-refractivity contribution in [3.8, 4) is 5.75 Å². The maximum atomic E-state index is 11.5. The zero-order chi connectivity index (χ0) is 11.5. The number of amides is 1. The normalized spacial score (nSPS) is 11.1. The summed E-state index contributed by atoms with van der Waals surface area (Å²) in [6.45, 7) is 5.44. The molecular weight excluding hydrogens is 196 g/mol. The molecule has 0 aliphatic carbocycles. The van der Waals surface area contributed by atoms with Gasteiger partial charge >= 0.3 is 0 Å². The summed E-state index contributed by atoms with van der Waals surface area (Å²) in [5.74, 6) is -0.494. The van der Waals surface area contributed by atoms with Crippen molar-refractivity contribution in [3.63, 3.8) is 0 Å². The molecule has 0 fully saturated rings. The van der Waals surface area contributed by atoms with Crippen molar-refractivity contribution >= 4 is 5.91 Å². The van der Waals surface area contributed by atoms with Gasteiger partial charge in [-0.3, -0.25) is 14.6 Å². The van der Waals surface area contributed by atoms with Crippen LogP contribution in [0.4, 0.5) is 0 Å². The Labute approximate surface area is 88.0 Å². The molecule has 0 aliphatic heterocycles. The van der Waals surface area contributed by atoms with E-state index in [-0.39, 0.29) is 11.3 Å². The van der Waals surface area contributed by atoms with Crippen molar-refractivity contribution < 1.29 is 14.7 Å². The van der Waals surface area contributed by atoms with Crippen molar-refractivity contribution in [2.75, 3.05) is 0 Å². The Kier molecular flexibility index (Phi) is 3.26. The van der Waals surface area contributed by atoms with Crippen LogP contribution in [0, 0.1) is 0 Å². The molecular formula is C10H14N2O3. The Morgan fingerprint density at radius 1 is 1.47 bits per heavy atom. The summed E-state index contributed by atoms with van der Waals surface area (Å²) in [7, 11) is 0. The van der Waals surface area contributed by atoms with E-state index in [1.807, 2.05) is 20.8 Å². The fraction of sp³-hybridized carbons (Fsp3) is 0.400. The summed E-state index contributed by atoms with van der Waals surface area (Å²) in [6.07, 6.45) is 2.60. The van der Waals surface area contributed by atoms with Crippen LogP contribution < -0.4 is 5.48 Å². The molecule has 15 heavy (non-hydrogen) atoms. The third-order valence-electron chi connectivity index (χ3n) is 1.44. The Hall–Kier alpha value is -1.62. The van der Waals surface area contributed by atoms with Crippen LogP contribution in [0.3, 0.4) is 0 Å². The monoisotopic (exact) mass is 210 g/mol. The van der Waals surface area contributed by atoms with Gasteiger partial charge in [-0.25, -0.2) is 5.48 Å². The molecule has 5 nitrogen and oxygen atoms in total. The highest BCUT2D eigenvalue weighted by Gasteiger charge is 2.14. The first-order chi connectivity index (χ1) is 6.88. The number of rotatable bonds is 2. The fourth-order valence-corrected chi connectivity index (χ4v) is 0.810. The second-order valence-corrected chi connectivity index (χ2v) is 4.08. The molecule has 1 heterocycles.